The number of nitrogen functional groups attached to an aromatic ring is 1. The molecule has 10 heteroatoms. The maximum Gasteiger partial charge on any atom is 0.223 e. The van der Waals surface area contributed by atoms with E-state index in [0.717, 1.165) is 6.42 Å². The number of hydrogen-bond donors (Lipinski definition) is 3. The zero-order chi connectivity index (χ0) is 17.8. The number of aliphatic hydroxyl groups is 1. The van der Waals surface area contributed by atoms with Gasteiger partial charge in [0.2, 0.25) is 5.95 Å². The van der Waals surface area contributed by atoms with Crippen LogP contribution in [0.2, 0.25) is 10.2 Å². The molecule has 0 radical (unpaired) electrons. The summed E-state index contributed by atoms with van der Waals surface area (Å²) in [6, 6.07) is 6.89. The van der Waals surface area contributed by atoms with E-state index in [-0.39, 0.29) is 35.1 Å². The normalized spacial score (nSPS) is 18.9. The molecule has 138 valence electrons. The largest absolute Gasteiger partial charge is 0.412 e. The third kappa shape index (κ3) is 4.89. The van der Waals surface area contributed by atoms with Gasteiger partial charge in [-0.15, -0.1) is 5.11 Å². The SMILES string of the molecule is Nc1nc(Cl)c(/N=N/c2ccc(Cl)cc2)c(N[C@H]2C=C[C@@H](CO)C2)n1.O. The van der Waals surface area contributed by atoms with Crippen molar-refractivity contribution in [3.8, 4) is 0 Å². The maximum atomic E-state index is 9.23. The number of hydrogen-bond acceptors (Lipinski definition) is 7. The van der Waals surface area contributed by atoms with E-state index in [0.29, 0.717) is 22.2 Å². The fourth-order valence-electron chi connectivity index (χ4n) is 2.44. The third-order valence-corrected chi connectivity index (χ3v) is 4.20. The van der Waals surface area contributed by atoms with Crippen molar-refractivity contribution in [2.24, 2.45) is 16.1 Å². The summed E-state index contributed by atoms with van der Waals surface area (Å²) in [5.41, 5.74) is 6.60. The van der Waals surface area contributed by atoms with E-state index in [2.05, 4.69) is 25.5 Å². The lowest BCUT2D eigenvalue weighted by molar-refractivity contribution is 0.250. The second-order valence-electron chi connectivity index (χ2n) is 5.56. The molecule has 0 aliphatic heterocycles. The fourth-order valence-corrected chi connectivity index (χ4v) is 2.78. The predicted octanol–water partition coefficient (Wildman–Crippen LogP) is 3.31. The molecule has 0 fully saturated rings. The van der Waals surface area contributed by atoms with Crippen LogP contribution in [0.4, 0.5) is 23.1 Å². The van der Waals surface area contributed by atoms with Crippen molar-refractivity contribution in [2.45, 2.75) is 12.5 Å². The Balaban J connectivity index is 0.00000243. The van der Waals surface area contributed by atoms with Crippen LogP contribution >= 0.6 is 23.2 Å². The summed E-state index contributed by atoms with van der Waals surface area (Å²) in [5.74, 6) is 0.549. The third-order valence-electron chi connectivity index (χ3n) is 3.68. The highest BCUT2D eigenvalue weighted by molar-refractivity contribution is 6.32. The van der Waals surface area contributed by atoms with Gasteiger partial charge in [0.1, 0.15) is 0 Å². The first-order valence-corrected chi connectivity index (χ1v) is 8.37. The van der Waals surface area contributed by atoms with E-state index in [4.69, 9.17) is 28.9 Å². The van der Waals surface area contributed by atoms with E-state index in [1.807, 2.05) is 12.2 Å². The van der Waals surface area contributed by atoms with Crippen LogP contribution in [0, 0.1) is 5.92 Å². The minimum Gasteiger partial charge on any atom is -0.412 e. The number of halogens is 2. The van der Waals surface area contributed by atoms with Crippen molar-refractivity contribution < 1.29 is 10.6 Å². The van der Waals surface area contributed by atoms with Crippen LogP contribution in [0.25, 0.3) is 0 Å². The molecule has 6 N–H and O–H groups in total. The van der Waals surface area contributed by atoms with E-state index in [1.54, 1.807) is 24.3 Å². The minimum absolute atomic E-state index is 0. The second-order valence-corrected chi connectivity index (χ2v) is 6.35. The topological polar surface area (TPSA) is 140 Å². The molecule has 8 nitrogen and oxygen atoms in total. The molecule has 3 rings (SSSR count). The van der Waals surface area contributed by atoms with Crippen LogP contribution in [0.3, 0.4) is 0 Å². The Hall–Kier alpha value is -2.26. The van der Waals surface area contributed by atoms with Crippen molar-refractivity contribution in [3.05, 3.63) is 46.6 Å². The number of anilines is 2. The molecule has 2 aromatic rings. The van der Waals surface area contributed by atoms with Gasteiger partial charge < -0.3 is 21.6 Å². The van der Waals surface area contributed by atoms with Gasteiger partial charge in [-0.25, -0.2) is 0 Å². The Bertz CT molecular complexity index is 813. The molecule has 26 heavy (non-hydrogen) atoms. The molecule has 1 aromatic heterocycles. The van der Waals surface area contributed by atoms with Gasteiger partial charge in [-0.1, -0.05) is 35.4 Å². The number of azo groups is 1. The first-order chi connectivity index (χ1) is 12.0. The van der Waals surface area contributed by atoms with Crippen molar-refractivity contribution in [1.82, 2.24) is 9.97 Å². The number of nitrogens with two attached hydrogens (primary N) is 1. The predicted molar refractivity (Wildman–Crippen MR) is 102 cm³/mol. The summed E-state index contributed by atoms with van der Waals surface area (Å²) in [4.78, 5) is 8.10. The van der Waals surface area contributed by atoms with E-state index in [9.17, 15) is 5.11 Å². The Kier molecular flexibility index (Phi) is 6.87. The van der Waals surface area contributed by atoms with Crippen molar-refractivity contribution >= 4 is 46.3 Å². The van der Waals surface area contributed by atoms with Gasteiger partial charge >= 0.3 is 0 Å². The zero-order valence-corrected chi connectivity index (χ0v) is 15.1. The number of nitrogens with zero attached hydrogens (tertiary/aromatic N) is 4. The average molecular weight is 397 g/mol. The molecule has 1 aliphatic rings. The fraction of sp³-hybridized carbons (Fsp3) is 0.250. The highest BCUT2D eigenvalue weighted by atomic mass is 35.5. The lowest BCUT2D eigenvalue weighted by Gasteiger charge is -2.15. The summed E-state index contributed by atoms with van der Waals surface area (Å²) in [7, 11) is 0. The monoisotopic (exact) mass is 396 g/mol. The maximum absolute atomic E-state index is 9.23. The highest BCUT2D eigenvalue weighted by Crippen LogP contribution is 2.34. The Morgan fingerprint density at radius 3 is 2.54 bits per heavy atom. The Morgan fingerprint density at radius 2 is 1.88 bits per heavy atom. The molecule has 0 amide bonds. The van der Waals surface area contributed by atoms with Gasteiger partial charge in [0.05, 0.1) is 5.69 Å². The molecule has 1 heterocycles. The first kappa shape index (κ1) is 20.1. The smallest absolute Gasteiger partial charge is 0.223 e. The number of nitrogens with one attached hydrogen (secondary N) is 1. The van der Waals surface area contributed by atoms with Crippen LogP contribution in [-0.2, 0) is 0 Å². The summed E-state index contributed by atoms with van der Waals surface area (Å²) in [5, 5.41) is 21.5. The van der Waals surface area contributed by atoms with Gasteiger partial charge in [0.15, 0.2) is 16.7 Å². The van der Waals surface area contributed by atoms with Gasteiger partial charge in [0, 0.05) is 23.6 Å². The summed E-state index contributed by atoms with van der Waals surface area (Å²) in [6.07, 6.45) is 4.66. The van der Waals surface area contributed by atoms with Gasteiger partial charge in [-0.2, -0.15) is 15.1 Å². The summed E-state index contributed by atoms with van der Waals surface area (Å²) < 4.78 is 0. The molecule has 0 bridgehead atoms. The van der Waals surface area contributed by atoms with Crippen molar-refractivity contribution in [2.75, 3.05) is 17.7 Å². The molecule has 0 spiro atoms. The van der Waals surface area contributed by atoms with E-state index in [1.165, 1.54) is 0 Å². The quantitative estimate of drug-likeness (QED) is 0.403. The van der Waals surface area contributed by atoms with Crippen LogP contribution < -0.4 is 11.1 Å². The van der Waals surface area contributed by atoms with E-state index < -0.39 is 0 Å². The summed E-state index contributed by atoms with van der Waals surface area (Å²) >= 11 is 12.0. The molecule has 2 atom stereocenters. The number of benzene rings is 1. The van der Waals surface area contributed by atoms with Crippen LogP contribution in [0.15, 0.2) is 46.6 Å². The van der Waals surface area contributed by atoms with Crippen LogP contribution in [-0.4, -0.2) is 33.2 Å². The molecule has 0 unspecified atom stereocenters. The van der Waals surface area contributed by atoms with Crippen LogP contribution in [0.5, 0.6) is 0 Å². The number of aromatic nitrogens is 2. The van der Waals surface area contributed by atoms with Crippen molar-refractivity contribution in [3.63, 3.8) is 0 Å². The Morgan fingerprint density at radius 1 is 1.15 bits per heavy atom. The van der Waals surface area contributed by atoms with E-state index >= 15 is 0 Å². The highest BCUT2D eigenvalue weighted by Gasteiger charge is 2.21. The summed E-state index contributed by atoms with van der Waals surface area (Å²) in [6.45, 7) is 0.102. The molecule has 0 saturated heterocycles. The molecular weight excluding hydrogens is 379 g/mol. The first-order valence-electron chi connectivity index (χ1n) is 7.61. The Labute approximate surface area is 160 Å². The van der Waals surface area contributed by atoms with Gasteiger partial charge in [-0.3, -0.25) is 0 Å². The lowest BCUT2D eigenvalue weighted by Crippen LogP contribution is -2.18. The zero-order valence-electron chi connectivity index (χ0n) is 13.6. The second kappa shape index (κ2) is 8.91. The number of aliphatic hydroxyl groups excluding tert-OH is 1. The van der Waals surface area contributed by atoms with Gasteiger partial charge in [0.25, 0.3) is 0 Å². The molecule has 1 aliphatic carbocycles. The van der Waals surface area contributed by atoms with Crippen LogP contribution in [0.1, 0.15) is 6.42 Å². The minimum atomic E-state index is -0.00741. The number of rotatable bonds is 5. The molecular formula is C16H18Cl2N6O2. The lowest BCUT2D eigenvalue weighted by atomic mass is 10.1. The molecule has 0 saturated carbocycles. The average Bonchev–Trinajstić information content (AvgIpc) is 3.03. The van der Waals surface area contributed by atoms with Crippen molar-refractivity contribution in [1.29, 1.82) is 0 Å². The molecule has 1 aromatic carbocycles. The standard InChI is InChI=1S/C16H16Cl2N6O.H2O/c17-10-2-5-11(6-3-10)23-24-13-14(18)21-16(19)22-15(13)20-12-4-1-9(7-12)8-25;/h1-6,9,12,25H,7-8H2,(H3,19,20,21,22);1H2/b24-23+;/t9-,12+;/m1./s1. The van der Waals surface area contributed by atoms with Gasteiger partial charge in [-0.05, 0) is 30.7 Å².